The molecule has 0 saturated heterocycles. The summed E-state index contributed by atoms with van der Waals surface area (Å²) >= 11 is 2.34. The van der Waals surface area contributed by atoms with E-state index >= 15 is 0 Å². The van der Waals surface area contributed by atoms with Gasteiger partial charge in [-0.3, -0.25) is 0 Å². The maximum atomic E-state index is 5.93. The first kappa shape index (κ1) is 16.9. The number of ether oxygens (including phenoxy) is 1. The largest absolute Gasteiger partial charge is 0.370 e. The first-order valence-electron chi connectivity index (χ1n) is 7.92. The fourth-order valence-corrected chi connectivity index (χ4v) is 3.78. The maximum Gasteiger partial charge on any atom is 0.162 e. The van der Waals surface area contributed by atoms with Crippen LogP contribution in [0, 0.1) is 9.49 Å². The van der Waals surface area contributed by atoms with E-state index in [1.807, 2.05) is 0 Å². The standard InChI is InChI=1S/C16H26IN3O/c1-5-12-13(17)14(18-6-2)20-15(19-12)16(21-4)9-7-11(3)8-10-16/h11H,5-10H2,1-4H3,(H,18,19,20). The van der Waals surface area contributed by atoms with Crippen LogP contribution in [0.2, 0.25) is 0 Å². The summed E-state index contributed by atoms with van der Waals surface area (Å²) in [6.45, 7) is 7.42. The number of aromatic nitrogens is 2. The lowest BCUT2D eigenvalue weighted by Gasteiger charge is -2.37. The van der Waals surface area contributed by atoms with Crippen LogP contribution in [-0.4, -0.2) is 23.6 Å². The summed E-state index contributed by atoms with van der Waals surface area (Å²) in [4.78, 5) is 9.65. The normalized spacial score (nSPS) is 25.9. The van der Waals surface area contributed by atoms with E-state index in [9.17, 15) is 0 Å². The molecule has 1 heterocycles. The molecule has 4 nitrogen and oxygen atoms in total. The third-order valence-corrected chi connectivity index (χ3v) is 5.61. The fraction of sp³-hybridized carbons (Fsp3) is 0.750. The summed E-state index contributed by atoms with van der Waals surface area (Å²) in [5, 5.41) is 3.37. The molecule has 0 amide bonds. The second-order valence-corrected chi connectivity index (χ2v) is 7.00. The molecule has 0 spiro atoms. The molecule has 0 unspecified atom stereocenters. The Balaban J connectivity index is 2.43. The fourth-order valence-electron chi connectivity index (χ4n) is 2.96. The minimum absolute atomic E-state index is 0.301. The van der Waals surface area contributed by atoms with Gasteiger partial charge in [0.25, 0.3) is 0 Å². The highest BCUT2D eigenvalue weighted by atomic mass is 127. The van der Waals surface area contributed by atoms with Gasteiger partial charge in [0.05, 0.1) is 9.26 Å². The second kappa shape index (κ2) is 7.22. The molecule has 5 heteroatoms. The van der Waals surface area contributed by atoms with Crippen molar-refractivity contribution in [2.75, 3.05) is 19.0 Å². The van der Waals surface area contributed by atoms with Crippen molar-refractivity contribution in [2.45, 2.75) is 58.5 Å². The van der Waals surface area contributed by atoms with Crippen LogP contribution in [0.15, 0.2) is 0 Å². The van der Waals surface area contributed by atoms with Crippen LogP contribution < -0.4 is 5.32 Å². The Morgan fingerprint density at radius 2 is 1.95 bits per heavy atom. The Morgan fingerprint density at radius 3 is 2.48 bits per heavy atom. The molecule has 1 aromatic rings. The van der Waals surface area contributed by atoms with Crippen molar-refractivity contribution in [3.05, 3.63) is 15.1 Å². The van der Waals surface area contributed by atoms with Crippen molar-refractivity contribution in [3.8, 4) is 0 Å². The van der Waals surface area contributed by atoms with Crippen molar-refractivity contribution in [3.63, 3.8) is 0 Å². The first-order chi connectivity index (χ1) is 10.1. The smallest absolute Gasteiger partial charge is 0.162 e. The molecular formula is C16H26IN3O. The summed E-state index contributed by atoms with van der Waals surface area (Å²) in [6.07, 6.45) is 5.31. The molecule has 0 aliphatic heterocycles. The summed E-state index contributed by atoms with van der Waals surface area (Å²) in [6, 6.07) is 0. The quantitative estimate of drug-likeness (QED) is 0.752. The molecule has 0 radical (unpaired) electrons. The highest BCUT2D eigenvalue weighted by molar-refractivity contribution is 14.1. The highest BCUT2D eigenvalue weighted by Gasteiger charge is 2.39. The van der Waals surface area contributed by atoms with Gasteiger partial charge in [0.1, 0.15) is 11.4 Å². The van der Waals surface area contributed by atoms with E-state index in [1.165, 1.54) is 12.8 Å². The minimum Gasteiger partial charge on any atom is -0.370 e. The van der Waals surface area contributed by atoms with Gasteiger partial charge in [-0.05, 0) is 67.5 Å². The Kier molecular flexibility index (Phi) is 5.82. The lowest BCUT2D eigenvalue weighted by atomic mass is 9.79. The minimum atomic E-state index is -0.301. The summed E-state index contributed by atoms with van der Waals surface area (Å²) < 4.78 is 7.07. The number of hydrogen-bond donors (Lipinski definition) is 1. The second-order valence-electron chi connectivity index (χ2n) is 5.92. The lowest BCUT2D eigenvalue weighted by molar-refractivity contribution is -0.0598. The van der Waals surface area contributed by atoms with Crippen LogP contribution in [0.4, 0.5) is 5.82 Å². The average molecular weight is 403 g/mol. The molecule has 1 saturated carbocycles. The SMILES string of the molecule is CCNc1nc(C2(OC)CCC(C)CC2)nc(CC)c1I. The van der Waals surface area contributed by atoms with Crippen molar-refractivity contribution >= 4 is 28.4 Å². The molecule has 1 N–H and O–H groups in total. The molecule has 118 valence electrons. The Morgan fingerprint density at radius 1 is 1.29 bits per heavy atom. The number of hydrogen-bond acceptors (Lipinski definition) is 4. The number of anilines is 1. The van der Waals surface area contributed by atoms with Gasteiger partial charge in [0.15, 0.2) is 5.82 Å². The van der Waals surface area contributed by atoms with Gasteiger partial charge in [-0.1, -0.05) is 13.8 Å². The predicted octanol–water partition coefficient (Wildman–Crippen LogP) is 4.13. The van der Waals surface area contributed by atoms with E-state index in [-0.39, 0.29) is 5.60 Å². The van der Waals surface area contributed by atoms with Gasteiger partial charge in [0.2, 0.25) is 0 Å². The topological polar surface area (TPSA) is 47.0 Å². The highest BCUT2D eigenvalue weighted by Crippen LogP contribution is 2.41. The van der Waals surface area contributed by atoms with E-state index in [0.29, 0.717) is 0 Å². The van der Waals surface area contributed by atoms with Crippen molar-refractivity contribution < 1.29 is 4.74 Å². The van der Waals surface area contributed by atoms with Gasteiger partial charge < -0.3 is 10.1 Å². The Bertz CT molecular complexity index is 485. The third kappa shape index (κ3) is 3.50. The first-order valence-corrected chi connectivity index (χ1v) is 9.00. The summed E-state index contributed by atoms with van der Waals surface area (Å²) in [5.41, 5.74) is 0.817. The van der Waals surface area contributed by atoms with Gasteiger partial charge in [0, 0.05) is 13.7 Å². The van der Waals surface area contributed by atoms with E-state index < -0.39 is 0 Å². The maximum absolute atomic E-state index is 5.93. The zero-order valence-corrected chi connectivity index (χ0v) is 15.7. The molecule has 21 heavy (non-hydrogen) atoms. The van der Waals surface area contributed by atoms with E-state index in [0.717, 1.165) is 52.6 Å². The van der Waals surface area contributed by atoms with Crippen LogP contribution in [0.3, 0.4) is 0 Å². The van der Waals surface area contributed by atoms with Gasteiger partial charge in [-0.25, -0.2) is 9.97 Å². The van der Waals surface area contributed by atoms with E-state index in [4.69, 9.17) is 14.7 Å². The molecule has 0 atom stereocenters. The molecule has 0 aromatic carbocycles. The van der Waals surface area contributed by atoms with Crippen molar-refractivity contribution in [2.24, 2.45) is 5.92 Å². The lowest BCUT2D eigenvalue weighted by Crippen LogP contribution is -2.36. The van der Waals surface area contributed by atoms with E-state index in [2.05, 4.69) is 48.7 Å². The van der Waals surface area contributed by atoms with Crippen LogP contribution in [0.5, 0.6) is 0 Å². The van der Waals surface area contributed by atoms with Crippen LogP contribution >= 0.6 is 22.6 Å². The molecule has 0 bridgehead atoms. The van der Waals surface area contributed by atoms with Crippen LogP contribution in [0.25, 0.3) is 0 Å². The van der Waals surface area contributed by atoms with Crippen LogP contribution in [-0.2, 0) is 16.8 Å². The summed E-state index contributed by atoms with van der Waals surface area (Å²) in [5.74, 6) is 2.59. The molecule has 1 aliphatic carbocycles. The monoisotopic (exact) mass is 403 g/mol. The molecule has 1 fully saturated rings. The molecular weight excluding hydrogens is 377 g/mol. The number of halogens is 1. The number of nitrogens with zero attached hydrogens (tertiary/aromatic N) is 2. The molecule has 2 rings (SSSR count). The van der Waals surface area contributed by atoms with Gasteiger partial charge in [-0.15, -0.1) is 0 Å². The van der Waals surface area contributed by atoms with Gasteiger partial charge in [-0.2, -0.15) is 0 Å². The van der Waals surface area contributed by atoms with Crippen molar-refractivity contribution in [1.29, 1.82) is 0 Å². The molecule has 1 aromatic heterocycles. The Hall–Kier alpha value is -0.430. The number of aryl methyl sites for hydroxylation is 1. The van der Waals surface area contributed by atoms with Crippen molar-refractivity contribution in [1.82, 2.24) is 9.97 Å². The number of methoxy groups -OCH3 is 1. The third-order valence-electron chi connectivity index (χ3n) is 4.48. The predicted molar refractivity (Wildman–Crippen MR) is 94.6 cm³/mol. The number of nitrogens with one attached hydrogen (secondary N) is 1. The van der Waals surface area contributed by atoms with Crippen LogP contribution in [0.1, 0.15) is 58.0 Å². The Labute approximate surface area is 141 Å². The van der Waals surface area contributed by atoms with Gasteiger partial charge >= 0.3 is 0 Å². The van der Waals surface area contributed by atoms with E-state index in [1.54, 1.807) is 7.11 Å². The molecule has 1 aliphatic rings. The summed E-state index contributed by atoms with van der Waals surface area (Å²) in [7, 11) is 1.80. The zero-order valence-electron chi connectivity index (χ0n) is 13.5. The zero-order chi connectivity index (χ0) is 15.5. The number of rotatable bonds is 5. The average Bonchev–Trinajstić information content (AvgIpc) is 2.51.